The van der Waals surface area contributed by atoms with Gasteiger partial charge in [0.2, 0.25) is 5.91 Å². The Hall–Kier alpha value is -4.98. The van der Waals surface area contributed by atoms with E-state index < -0.39 is 29.5 Å². The normalized spacial score (nSPS) is 15.0. The lowest BCUT2D eigenvalue weighted by Crippen LogP contribution is -2.24. The van der Waals surface area contributed by atoms with Crippen molar-refractivity contribution in [2.45, 2.75) is 18.6 Å². The highest BCUT2D eigenvalue weighted by Gasteiger charge is 2.38. The number of methoxy groups -OCH3 is 1. The molecule has 5 rings (SSSR count). The number of hydrogen-bond donors (Lipinski definition) is 2. The van der Waals surface area contributed by atoms with Crippen LogP contribution in [0.2, 0.25) is 0 Å². The van der Waals surface area contributed by atoms with Crippen LogP contribution in [-0.2, 0) is 22.9 Å². The predicted molar refractivity (Wildman–Crippen MR) is 147 cm³/mol. The molecule has 3 heterocycles. The fourth-order valence-corrected chi connectivity index (χ4v) is 4.61. The Morgan fingerprint density at radius 1 is 1.21 bits per heavy atom. The molecule has 1 saturated heterocycles. The number of alkyl halides is 3. The molecule has 2 aromatic heterocycles. The lowest BCUT2D eigenvalue weighted by atomic mass is 10.0. The minimum absolute atomic E-state index is 0.142. The molecular formula is C28H25F4N7O3. The molecule has 0 aliphatic carbocycles. The number of benzene rings is 2. The minimum atomic E-state index is -4.84. The van der Waals surface area contributed by atoms with Crippen LogP contribution in [-0.4, -0.2) is 39.4 Å². The molecule has 14 heteroatoms. The van der Waals surface area contributed by atoms with Crippen LogP contribution in [0.4, 0.5) is 40.6 Å². The number of nitrogens with one attached hydrogen (secondary N) is 2. The summed E-state index contributed by atoms with van der Waals surface area (Å²) in [6.45, 7) is 3.65. The van der Waals surface area contributed by atoms with E-state index in [-0.39, 0.29) is 30.2 Å². The van der Waals surface area contributed by atoms with Gasteiger partial charge in [-0.1, -0.05) is 18.7 Å². The first-order valence-electron chi connectivity index (χ1n) is 12.6. The number of ether oxygens (including phenoxy) is 1. The third-order valence-corrected chi connectivity index (χ3v) is 6.54. The molecule has 2 N–H and O–H groups in total. The van der Waals surface area contributed by atoms with Crippen LogP contribution in [0, 0.1) is 5.82 Å². The summed E-state index contributed by atoms with van der Waals surface area (Å²) in [6.07, 6.45) is 1.19. The van der Waals surface area contributed by atoms with E-state index in [1.807, 2.05) is 0 Å². The summed E-state index contributed by atoms with van der Waals surface area (Å²) < 4.78 is 62.2. The van der Waals surface area contributed by atoms with E-state index in [0.29, 0.717) is 28.8 Å². The first-order valence-corrected chi connectivity index (χ1v) is 12.6. The monoisotopic (exact) mass is 583 g/mol. The highest BCUT2D eigenvalue weighted by atomic mass is 19.4. The third-order valence-electron chi connectivity index (χ3n) is 6.54. The predicted octanol–water partition coefficient (Wildman–Crippen LogP) is 5.79. The molecule has 0 radical (unpaired) electrons. The van der Waals surface area contributed by atoms with Crippen molar-refractivity contribution in [3.05, 3.63) is 84.7 Å². The largest absolute Gasteiger partial charge is 0.495 e. The van der Waals surface area contributed by atoms with Crippen molar-refractivity contribution in [2.24, 2.45) is 7.05 Å². The molecule has 218 valence electrons. The van der Waals surface area contributed by atoms with Crippen molar-refractivity contribution < 1.29 is 31.9 Å². The van der Waals surface area contributed by atoms with Gasteiger partial charge in [0.15, 0.2) is 5.82 Å². The van der Waals surface area contributed by atoms with E-state index >= 15 is 0 Å². The number of rotatable bonds is 8. The summed E-state index contributed by atoms with van der Waals surface area (Å²) in [5, 5.41) is 11.4. The summed E-state index contributed by atoms with van der Waals surface area (Å²) in [7, 11) is 3.24. The van der Waals surface area contributed by atoms with Crippen molar-refractivity contribution >= 4 is 28.9 Å². The summed E-state index contributed by atoms with van der Waals surface area (Å²) in [6, 6.07) is 7.17. The number of hydrogen-bond acceptors (Lipinski definition) is 8. The Morgan fingerprint density at radius 3 is 2.71 bits per heavy atom. The van der Waals surface area contributed by atoms with Crippen LogP contribution in [0.25, 0.3) is 11.1 Å². The Bertz CT molecular complexity index is 1640. The third kappa shape index (κ3) is 5.74. The van der Waals surface area contributed by atoms with Crippen LogP contribution < -0.4 is 20.4 Å². The molecule has 0 saturated carbocycles. The lowest BCUT2D eigenvalue weighted by Gasteiger charge is -2.25. The quantitative estimate of drug-likeness (QED) is 0.198. The molecule has 1 fully saturated rings. The Kier molecular flexibility index (Phi) is 7.81. The molecular weight excluding hydrogens is 558 g/mol. The zero-order valence-electron chi connectivity index (χ0n) is 22.4. The number of aryl methyl sites for hydroxylation is 1. The number of aromatic nitrogens is 4. The summed E-state index contributed by atoms with van der Waals surface area (Å²) in [5.41, 5.74) is 0.722. The number of anilines is 4. The van der Waals surface area contributed by atoms with Crippen LogP contribution in [0.15, 0.2) is 67.8 Å². The van der Waals surface area contributed by atoms with E-state index in [4.69, 9.17) is 9.57 Å². The van der Waals surface area contributed by atoms with Crippen LogP contribution in [0.5, 0.6) is 5.75 Å². The number of hydroxylamine groups is 1. The molecule has 1 unspecified atom stereocenters. The van der Waals surface area contributed by atoms with Crippen molar-refractivity contribution in [2.75, 3.05) is 29.4 Å². The fourth-order valence-electron chi connectivity index (χ4n) is 4.61. The first kappa shape index (κ1) is 28.5. The topological polar surface area (TPSA) is 106 Å². The second-order valence-electron chi connectivity index (χ2n) is 9.25. The zero-order chi connectivity index (χ0) is 30.0. The fraction of sp³-hybridized carbons (Fsp3) is 0.214. The SMILES string of the molecule is C=CC(=O)Nc1cc(Nc2cc(N3OCCC3c3cccc(C(F)(F)F)c3F)ncn2)c(OC)cc1-c1cnn(C)c1. The number of carbonyl (C=O) groups is 1. The second-order valence-corrected chi connectivity index (χ2v) is 9.25. The van der Waals surface area contributed by atoms with Gasteiger partial charge in [0.05, 0.1) is 42.9 Å². The van der Waals surface area contributed by atoms with E-state index in [9.17, 15) is 22.4 Å². The zero-order valence-corrected chi connectivity index (χ0v) is 22.4. The van der Waals surface area contributed by atoms with Crippen LogP contribution in [0.1, 0.15) is 23.6 Å². The van der Waals surface area contributed by atoms with Crippen molar-refractivity contribution in [3.8, 4) is 16.9 Å². The molecule has 42 heavy (non-hydrogen) atoms. The maximum Gasteiger partial charge on any atom is 0.419 e. The molecule has 2 aromatic carbocycles. The van der Waals surface area contributed by atoms with Gasteiger partial charge >= 0.3 is 6.18 Å². The molecule has 1 aliphatic rings. The number of nitrogens with zero attached hydrogens (tertiary/aromatic N) is 5. The average molecular weight is 584 g/mol. The Labute approximate surface area is 237 Å². The molecule has 1 atom stereocenters. The van der Waals surface area contributed by atoms with E-state index in [0.717, 1.165) is 17.7 Å². The highest BCUT2D eigenvalue weighted by Crippen LogP contribution is 2.41. The van der Waals surface area contributed by atoms with E-state index in [1.165, 1.54) is 30.6 Å². The Balaban J connectivity index is 1.48. The van der Waals surface area contributed by atoms with Gasteiger partial charge in [-0.15, -0.1) is 0 Å². The Morgan fingerprint density at radius 2 is 2.02 bits per heavy atom. The number of carbonyl (C=O) groups excluding carboxylic acids is 1. The molecule has 0 bridgehead atoms. The van der Waals surface area contributed by atoms with Crippen molar-refractivity contribution in [1.82, 2.24) is 19.7 Å². The van der Waals surface area contributed by atoms with Gasteiger partial charge in [0, 0.05) is 42.4 Å². The molecule has 0 spiro atoms. The maximum absolute atomic E-state index is 15.0. The maximum atomic E-state index is 15.0. The minimum Gasteiger partial charge on any atom is -0.495 e. The molecule has 1 aliphatic heterocycles. The molecule has 1 amide bonds. The second kappa shape index (κ2) is 11.5. The van der Waals surface area contributed by atoms with Gasteiger partial charge in [0.1, 0.15) is 23.7 Å². The summed E-state index contributed by atoms with van der Waals surface area (Å²) in [5.74, 6) is -0.915. The molecule has 4 aromatic rings. The van der Waals surface area contributed by atoms with Gasteiger partial charge in [0.25, 0.3) is 0 Å². The van der Waals surface area contributed by atoms with Gasteiger partial charge in [-0.2, -0.15) is 18.3 Å². The van der Waals surface area contributed by atoms with Gasteiger partial charge in [-0.3, -0.25) is 14.3 Å². The van der Waals surface area contributed by atoms with Crippen molar-refractivity contribution in [3.63, 3.8) is 0 Å². The van der Waals surface area contributed by atoms with Crippen LogP contribution >= 0.6 is 0 Å². The average Bonchev–Trinajstić information content (AvgIpc) is 3.62. The van der Waals surface area contributed by atoms with Gasteiger partial charge in [-0.25, -0.2) is 19.4 Å². The standard InChI is InChI=1S/C28H25F4N7O3/c1-4-26(40)37-20-11-21(23(41-3)10-18(20)16-13-35-38(2)14-16)36-24-12-25(34-15-33-24)39-22(8-9-42-39)17-6-5-7-19(27(17)29)28(30,31)32/h4-7,10-15,22H,1,8-9H2,2-3H3,(H,37,40)(H,33,34,36). The van der Waals surface area contributed by atoms with Gasteiger partial charge < -0.3 is 15.4 Å². The van der Waals surface area contributed by atoms with Crippen LogP contribution in [0.3, 0.4) is 0 Å². The number of halogens is 4. The first-order chi connectivity index (χ1) is 20.1. The lowest BCUT2D eigenvalue weighted by molar-refractivity contribution is -0.140. The smallest absolute Gasteiger partial charge is 0.419 e. The van der Waals surface area contributed by atoms with E-state index in [1.54, 1.807) is 36.3 Å². The summed E-state index contributed by atoms with van der Waals surface area (Å²) in [4.78, 5) is 26.3. The molecule has 10 nitrogen and oxygen atoms in total. The number of amides is 1. The van der Waals surface area contributed by atoms with Crippen molar-refractivity contribution in [1.29, 1.82) is 0 Å². The summed E-state index contributed by atoms with van der Waals surface area (Å²) >= 11 is 0. The highest BCUT2D eigenvalue weighted by molar-refractivity contribution is 6.02. The van der Waals surface area contributed by atoms with E-state index in [2.05, 4.69) is 32.3 Å². The van der Waals surface area contributed by atoms with Gasteiger partial charge in [-0.05, 0) is 24.3 Å².